The standard InChI is InChI=1S/C29H28NO.C29H22NO.C24H20NO/c2*1-19-8-6-7-11-23(19)27-17-28-26(18-30(27)2)25-15-13-22-16-21(20-9-4-3-5-10-20)12-14-24(22)29(25)31-28;1-15-8-10-18(16(2)12-15)22-13-23-21(14-25(22)3)20-11-9-17-6-4-5-7-19(17)24(20)26-23/h6-8,11-18,20H,3-5,9-10H2,1-2H3;3-18H,1-2H3;4-14H,1-3H3/q3*+1/i20D;;1D3. The van der Waals surface area contributed by atoms with Gasteiger partial charge >= 0.3 is 0 Å². The zero-order chi connectivity index (χ0) is 63.2. The lowest BCUT2D eigenvalue weighted by Gasteiger charge is -2.22. The van der Waals surface area contributed by atoms with Crippen molar-refractivity contribution in [3.8, 4) is 44.9 Å². The summed E-state index contributed by atoms with van der Waals surface area (Å²) in [6.45, 7) is 4.14. The highest BCUT2D eigenvalue weighted by atomic mass is 16.3. The van der Waals surface area contributed by atoms with Gasteiger partial charge in [0, 0.05) is 54.5 Å². The Balaban J connectivity index is 0.000000115. The largest absolute Gasteiger partial charge is 0.455 e. The van der Waals surface area contributed by atoms with Gasteiger partial charge in [0.25, 0.3) is 0 Å². The molecule has 0 atom stereocenters. The number of aromatic nitrogens is 3. The molecule has 1 saturated carbocycles. The van der Waals surface area contributed by atoms with Gasteiger partial charge in [-0.3, -0.25) is 0 Å². The fourth-order valence-corrected chi connectivity index (χ4v) is 13.7. The molecule has 0 N–H and O–H groups in total. The van der Waals surface area contributed by atoms with E-state index in [1.807, 2.05) is 44.3 Å². The lowest BCUT2D eigenvalue weighted by molar-refractivity contribution is -0.659. The topological polar surface area (TPSA) is 51.1 Å². The average molecular weight is 1150 g/mol. The molecule has 1 aliphatic rings. The molecule has 6 heterocycles. The molecule has 0 unspecified atom stereocenters. The smallest absolute Gasteiger partial charge is 0.216 e. The van der Waals surface area contributed by atoms with Crippen LogP contribution in [0, 0.1) is 27.6 Å². The van der Waals surface area contributed by atoms with Crippen LogP contribution in [-0.4, -0.2) is 0 Å². The number of benzene rings is 10. The molecule has 0 saturated heterocycles. The van der Waals surface area contributed by atoms with E-state index in [1.54, 1.807) is 12.1 Å². The normalized spacial score (nSPS) is 14.1. The first-order chi connectivity index (χ1) is 44.5. The van der Waals surface area contributed by atoms with Crippen LogP contribution in [0.5, 0.6) is 0 Å². The predicted molar refractivity (Wildman–Crippen MR) is 364 cm³/mol. The molecule has 0 radical (unpaired) electrons. The second-order valence-electron chi connectivity index (χ2n) is 24.1. The number of aryl methyl sites for hydroxylation is 7. The molecule has 16 aromatic rings. The maximum Gasteiger partial charge on any atom is 0.216 e. The molecule has 6 heteroatoms. The fourth-order valence-electron chi connectivity index (χ4n) is 13.7. The molecule has 10 aromatic carbocycles. The van der Waals surface area contributed by atoms with Gasteiger partial charge < -0.3 is 13.3 Å². The minimum absolute atomic E-state index is 0.359. The van der Waals surface area contributed by atoms with Crippen LogP contribution in [0.4, 0.5) is 0 Å². The number of rotatable bonds is 5. The second-order valence-corrected chi connectivity index (χ2v) is 24.1. The Morgan fingerprint density at radius 2 is 0.818 bits per heavy atom. The molecule has 6 nitrogen and oxygen atoms in total. The summed E-state index contributed by atoms with van der Waals surface area (Å²) in [6, 6.07) is 73.5. The number of pyridine rings is 3. The van der Waals surface area contributed by atoms with Crippen molar-refractivity contribution in [3.05, 3.63) is 259 Å². The van der Waals surface area contributed by atoms with Crippen LogP contribution in [0.3, 0.4) is 0 Å². The fraction of sp³-hybridized carbons (Fsp3) is 0.159. The first-order valence-corrected chi connectivity index (χ1v) is 30.7. The van der Waals surface area contributed by atoms with Gasteiger partial charge in [-0.15, -0.1) is 0 Å². The SMILES string of the molecule is Cc1ccccc1-c1cc2oc3c4ccc(-c5ccccc5)cc4ccc3c2c[n+]1C.[2H]C([2H])([2H])c1ccc(-c2cc3oc4c5ccccc5ccc4c3c[n+]2C)c(C)c1.[2H]C1(c2ccc3c(ccc4c5c[n+](C)c(-c6ccccc6C)cc5oc34)c2)CCCCC1. The van der Waals surface area contributed by atoms with Gasteiger partial charge in [-0.2, -0.15) is 0 Å². The van der Waals surface area contributed by atoms with Gasteiger partial charge in [0.05, 0.1) is 34.4 Å². The number of furan rings is 3. The molecule has 17 rings (SSSR count). The number of hydrogen-bond acceptors (Lipinski definition) is 3. The maximum atomic E-state index is 9.01. The van der Waals surface area contributed by atoms with Gasteiger partial charge in [0.1, 0.15) is 54.6 Å². The van der Waals surface area contributed by atoms with E-state index in [0.29, 0.717) is 5.56 Å². The van der Waals surface area contributed by atoms with Crippen LogP contribution < -0.4 is 13.7 Å². The van der Waals surface area contributed by atoms with E-state index in [2.05, 4.69) is 230 Å². The lowest BCUT2D eigenvalue weighted by Crippen LogP contribution is -2.30. The van der Waals surface area contributed by atoms with Crippen molar-refractivity contribution in [2.75, 3.05) is 0 Å². The Labute approximate surface area is 518 Å². The van der Waals surface area contributed by atoms with E-state index >= 15 is 0 Å². The number of nitrogens with zero attached hydrogens (tertiary/aromatic N) is 3. The third-order valence-electron chi connectivity index (χ3n) is 18.4. The summed E-state index contributed by atoms with van der Waals surface area (Å²) in [6.07, 6.45) is 12.0. The Morgan fingerprint density at radius 1 is 0.364 bits per heavy atom. The summed E-state index contributed by atoms with van der Waals surface area (Å²) in [5.41, 5.74) is 19.6. The van der Waals surface area contributed by atoms with Crippen LogP contribution >= 0.6 is 0 Å². The van der Waals surface area contributed by atoms with Crippen molar-refractivity contribution in [2.45, 2.75) is 65.6 Å². The second kappa shape index (κ2) is 22.3. The van der Waals surface area contributed by atoms with E-state index in [-0.39, 0.29) is 0 Å². The molecule has 0 spiro atoms. The van der Waals surface area contributed by atoms with E-state index in [1.165, 1.54) is 45.2 Å². The Bertz CT molecular complexity index is 5600. The van der Waals surface area contributed by atoms with Crippen LogP contribution in [0.2, 0.25) is 0 Å². The molecule has 0 amide bonds. The van der Waals surface area contributed by atoms with Gasteiger partial charge in [-0.25, -0.2) is 13.7 Å². The van der Waals surface area contributed by atoms with Crippen molar-refractivity contribution in [2.24, 2.45) is 21.1 Å². The van der Waals surface area contributed by atoms with Gasteiger partial charge in [0.15, 0.2) is 18.6 Å². The minimum atomic E-state index is -2.10. The van der Waals surface area contributed by atoms with Crippen molar-refractivity contribution in [3.63, 3.8) is 0 Å². The first kappa shape index (κ1) is 50.0. The molecule has 0 bridgehead atoms. The molecule has 6 aromatic heterocycles. The van der Waals surface area contributed by atoms with Gasteiger partial charge in [-0.1, -0.05) is 170 Å². The van der Waals surface area contributed by atoms with Crippen molar-refractivity contribution in [1.29, 1.82) is 0 Å². The van der Waals surface area contributed by atoms with Crippen LogP contribution in [0.15, 0.2) is 244 Å². The first-order valence-electron chi connectivity index (χ1n) is 32.7. The summed E-state index contributed by atoms with van der Waals surface area (Å²) < 4.78 is 57.6. The summed E-state index contributed by atoms with van der Waals surface area (Å²) >= 11 is 0. The van der Waals surface area contributed by atoms with Gasteiger partial charge in [0.2, 0.25) is 17.1 Å². The molecule has 1 aliphatic carbocycles. The van der Waals surface area contributed by atoms with Gasteiger partial charge in [-0.05, 0) is 144 Å². The highest BCUT2D eigenvalue weighted by molar-refractivity contribution is 6.17. The molecule has 0 aliphatic heterocycles. The lowest BCUT2D eigenvalue weighted by atomic mass is 9.83. The predicted octanol–water partition coefficient (Wildman–Crippen LogP) is 20.6. The Kier molecular flexibility index (Phi) is 12.7. The third kappa shape index (κ3) is 9.74. The number of hydrogen-bond donors (Lipinski definition) is 0. The Hall–Kier alpha value is -10.2. The van der Waals surface area contributed by atoms with Crippen molar-refractivity contribution >= 4 is 98.1 Å². The van der Waals surface area contributed by atoms with Crippen LogP contribution in [0.1, 0.15) is 71.3 Å². The molecule has 1 fully saturated rings. The monoisotopic (exact) mass is 1150 g/mol. The third-order valence-corrected chi connectivity index (χ3v) is 18.4. The average Bonchev–Trinajstić information content (AvgIpc) is 1.59. The van der Waals surface area contributed by atoms with Crippen LogP contribution in [0.25, 0.3) is 143 Å². The minimum Gasteiger partial charge on any atom is -0.455 e. The molecular weight excluding hydrogens is 1070 g/mol. The highest BCUT2D eigenvalue weighted by Crippen LogP contribution is 2.41. The van der Waals surface area contributed by atoms with E-state index in [0.717, 1.165) is 152 Å². The molecule has 428 valence electrons. The Morgan fingerprint density at radius 3 is 1.35 bits per heavy atom. The molecule has 88 heavy (non-hydrogen) atoms. The van der Waals surface area contributed by atoms with E-state index < -0.39 is 12.7 Å². The maximum absolute atomic E-state index is 9.01. The summed E-state index contributed by atoms with van der Waals surface area (Å²) in [4.78, 5) is 0. The van der Waals surface area contributed by atoms with E-state index in [9.17, 15) is 0 Å². The summed E-state index contributed by atoms with van der Waals surface area (Å²) in [5.74, 6) is -0.439. The quantitative estimate of drug-likeness (QED) is 0.161. The molecular formula is C82H70N3O3+3. The van der Waals surface area contributed by atoms with E-state index in [4.69, 9.17) is 18.7 Å². The zero-order valence-corrected chi connectivity index (χ0v) is 50.5. The highest BCUT2D eigenvalue weighted by Gasteiger charge is 2.24. The van der Waals surface area contributed by atoms with Crippen molar-refractivity contribution < 1.29 is 32.4 Å². The van der Waals surface area contributed by atoms with Crippen molar-refractivity contribution in [1.82, 2.24) is 0 Å². The zero-order valence-electron chi connectivity index (χ0n) is 54.5. The van der Waals surface area contributed by atoms with Crippen LogP contribution in [-0.2, 0) is 21.1 Å². The summed E-state index contributed by atoms with van der Waals surface area (Å²) in [7, 11) is 6.21. The number of fused-ring (bicyclic) bond motifs is 15. The summed E-state index contributed by atoms with van der Waals surface area (Å²) in [5, 5.41) is 13.6.